The third-order valence-electron chi connectivity index (χ3n) is 3.09. The van der Waals surface area contributed by atoms with E-state index in [1.54, 1.807) is 6.08 Å². The zero-order valence-electron chi connectivity index (χ0n) is 10.5. The highest BCUT2D eigenvalue weighted by Crippen LogP contribution is 2.27. The van der Waals surface area contributed by atoms with Crippen LogP contribution in [0, 0.1) is 13.8 Å². The Morgan fingerprint density at radius 1 is 1.31 bits per heavy atom. The molecule has 0 aromatic heterocycles. The van der Waals surface area contributed by atoms with Crippen LogP contribution in [0.15, 0.2) is 17.1 Å². The van der Waals surface area contributed by atoms with Crippen molar-refractivity contribution in [3.05, 3.63) is 34.4 Å². The number of carbonyl (C=O) groups excluding carboxylic acids is 1. The van der Waals surface area contributed by atoms with Crippen LogP contribution >= 0.6 is 0 Å². The summed E-state index contributed by atoms with van der Waals surface area (Å²) in [6.45, 7) is 9.07. The number of rotatable bonds is 4. The van der Waals surface area contributed by atoms with Crippen molar-refractivity contribution in [2.45, 2.75) is 40.0 Å². The van der Waals surface area contributed by atoms with Gasteiger partial charge in [0.25, 0.3) is 0 Å². The molecule has 86 valence electrons. The molecule has 0 N–H and O–H groups in total. The zero-order valence-corrected chi connectivity index (χ0v) is 10.5. The van der Waals surface area contributed by atoms with Gasteiger partial charge in [0.1, 0.15) is 0 Å². The summed E-state index contributed by atoms with van der Waals surface area (Å²) in [6, 6.07) is 4.30. The van der Waals surface area contributed by atoms with E-state index in [-0.39, 0.29) is 5.92 Å². The van der Waals surface area contributed by atoms with Gasteiger partial charge in [0.2, 0.25) is 6.08 Å². The Bertz CT molecular complexity index is 417. The zero-order chi connectivity index (χ0) is 12.1. The second-order valence-corrected chi connectivity index (χ2v) is 4.28. The van der Waals surface area contributed by atoms with Gasteiger partial charge in [-0.05, 0) is 42.5 Å². The fourth-order valence-electron chi connectivity index (χ4n) is 2.31. The van der Waals surface area contributed by atoms with E-state index in [0.717, 1.165) is 6.42 Å². The molecule has 16 heavy (non-hydrogen) atoms. The van der Waals surface area contributed by atoms with E-state index < -0.39 is 0 Å². The normalized spacial score (nSPS) is 12.0. The summed E-state index contributed by atoms with van der Waals surface area (Å²) >= 11 is 0. The molecule has 0 unspecified atom stereocenters. The van der Waals surface area contributed by atoms with Crippen molar-refractivity contribution < 1.29 is 4.79 Å². The van der Waals surface area contributed by atoms with E-state index >= 15 is 0 Å². The Hall–Kier alpha value is -1.40. The van der Waals surface area contributed by atoms with Crippen molar-refractivity contribution in [3.8, 4) is 0 Å². The molecular weight excluding hydrogens is 198 g/mol. The predicted molar refractivity (Wildman–Crippen MR) is 66.7 cm³/mol. The van der Waals surface area contributed by atoms with E-state index in [0.29, 0.717) is 6.54 Å². The van der Waals surface area contributed by atoms with Crippen LogP contribution in [-0.2, 0) is 11.2 Å². The molecule has 0 bridgehead atoms. The maximum absolute atomic E-state index is 10.2. The van der Waals surface area contributed by atoms with Crippen LogP contribution in [0.3, 0.4) is 0 Å². The van der Waals surface area contributed by atoms with Gasteiger partial charge in [0, 0.05) is 5.92 Å². The summed E-state index contributed by atoms with van der Waals surface area (Å²) < 4.78 is 0. The number of aryl methyl sites for hydroxylation is 2. The number of isocyanates is 1. The molecule has 2 heteroatoms. The van der Waals surface area contributed by atoms with Crippen molar-refractivity contribution in [1.82, 2.24) is 0 Å². The summed E-state index contributed by atoms with van der Waals surface area (Å²) in [4.78, 5) is 13.8. The van der Waals surface area contributed by atoms with Crippen molar-refractivity contribution in [3.63, 3.8) is 0 Å². The fraction of sp³-hybridized carbons (Fsp3) is 0.500. The molecule has 0 spiro atoms. The van der Waals surface area contributed by atoms with Crippen LogP contribution in [0.1, 0.15) is 42.0 Å². The third kappa shape index (κ3) is 2.59. The number of hydrogen-bond acceptors (Lipinski definition) is 2. The smallest absolute Gasteiger partial charge is 0.211 e. The first-order valence-electron chi connectivity index (χ1n) is 5.74. The van der Waals surface area contributed by atoms with Crippen molar-refractivity contribution in [2.75, 3.05) is 6.54 Å². The molecule has 0 aliphatic rings. The van der Waals surface area contributed by atoms with Gasteiger partial charge in [0.15, 0.2) is 0 Å². The molecule has 1 atom stereocenters. The van der Waals surface area contributed by atoms with Crippen molar-refractivity contribution in [1.29, 1.82) is 0 Å². The minimum absolute atomic E-state index is 0.288. The molecule has 0 amide bonds. The highest BCUT2D eigenvalue weighted by molar-refractivity contribution is 5.43. The van der Waals surface area contributed by atoms with Gasteiger partial charge in [-0.15, -0.1) is 0 Å². The van der Waals surface area contributed by atoms with Crippen molar-refractivity contribution in [2.24, 2.45) is 4.99 Å². The van der Waals surface area contributed by atoms with Crippen LogP contribution in [0.2, 0.25) is 0 Å². The number of hydrogen-bond donors (Lipinski definition) is 0. The molecule has 0 heterocycles. The summed E-state index contributed by atoms with van der Waals surface area (Å²) in [7, 11) is 0. The molecule has 1 rings (SSSR count). The Kier molecular flexibility index (Phi) is 4.45. The summed E-state index contributed by atoms with van der Waals surface area (Å²) in [5.41, 5.74) is 5.36. The first kappa shape index (κ1) is 12.7. The van der Waals surface area contributed by atoms with Crippen LogP contribution in [0.5, 0.6) is 0 Å². The molecule has 0 aliphatic heterocycles. The maximum Gasteiger partial charge on any atom is 0.234 e. The van der Waals surface area contributed by atoms with Crippen LogP contribution in [0.4, 0.5) is 0 Å². The lowest BCUT2D eigenvalue weighted by atomic mass is 9.87. The fourth-order valence-corrected chi connectivity index (χ4v) is 2.31. The SMILES string of the molecule is CCc1c(C)ccc(C)c1[C@H](C)CN=C=O. The van der Waals surface area contributed by atoms with E-state index in [2.05, 4.69) is 44.8 Å². The Morgan fingerprint density at radius 3 is 2.50 bits per heavy atom. The molecule has 0 aliphatic carbocycles. The number of aliphatic imine (C=N–C) groups is 1. The number of nitrogens with zero attached hydrogens (tertiary/aromatic N) is 1. The molecule has 0 radical (unpaired) electrons. The third-order valence-corrected chi connectivity index (χ3v) is 3.09. The van der Waals surface area contributed by atoms with Gasteiger partial charge in [0.05, 0.1) is 6.54 Å². The Labute approximate surface area is 97.4 Å². The van der Waals surface area contributed by atoms with Gasteiger partial charge in [-0.25, -0.2) is 9.79 Å². The van der Waals surface area contributed by atoms with Gasteiger partial charge in [-0.2, -0.15) is 0 Å². The summed E-state index contributed by atoms with van der Waals surface area (Å²) in [6.07, 6.45) is 2.64. The maximum atomic E-state index is 10.2. The van der Waals surface area contributed by atoms with E-state index in [9.17, 15) is 4.79 Å². The standard InChI is InChI=1S/C14H19NO/c1-5-13-10(2)6-7-11(3)14(13)12(4)8-15-9-16/h6-7,12H,5,8H2,1-4H3/t12-/m1/s1. The lowest BCUT2D eigenvalue weighted by Crippen LogP contribution is -2.06. The molecule has 2 nitrogen and oxygen atoms in total. The molecular formula is C14H19NO. The van der Waals surface area contributed by atoms with Crippen LogP contribution in [-0.4, -0.2) is 12.6 Å². The monoisotopic (exact) mass is 217 g/mol. The van der Waals surface area contributed by atoms with Crippen molar-refractivity contribution >= 4 is 6.08 Å². The summed E-state index contributed by atoms with van der Waals surface area (Å²) in [5, 5.41) is 0. The average Bonchev–Trinajstić information content (AvgIpc) is 2.28. The van der Waals surface area contributed by atoms with Gasteiger partial charge < -0.3 is 0 Å². The molecule has 0 saturated carbocycles. The minimum atomic E-state index is 0.288. The van der Waals surface area contributed by atoms with Crippen LogP contribution < -0.4 is 0 Å². The first-order chi connectivity index (χ1) is 7.61. The Morgan fingerprint density at radius 2 is 1.94 bits per heavy atom. The highest BCUT2D eigenvalue weighted by Gasteiger charge is 2.13. The second-order valence-electron chi connectivity index (χ2n) is 4.28. The topological polar surface area (TPSA) is 29.4 Å². The van der Waals surface area contributed by atoms with E-state index in [1.165, 1.54) is 22.3 Å². The van der Waals surface area contributed by atoms with Gasteiger partial charge in [-0.3, -0.25) is 0 Å². The lowest BCUT2D eigenvalue weighted by molar-refractivity contribution is 0.561. The van der Waals surface area contributed by atoms with E-state index in [1.807, 2.05) is 0 Å². The second kappa shape index (κ2) is 5.62. The molecule has 1 aromatic carbocycles. The lowest BCUT2D eigenvalue weighted by Gasteiger charge is -2.18. The molecule has 1 aromatic rings. The van der Waals surface area contributed by atoms with Crippen LogP contribution in [0.25, 0.3) is 0 Å². The summed E-state index contributed by atoms with van der Waals surface area (Å²) in [5.74, 6) is 0.288. The quantitative estimate of drug-likeness (QED) is 0.562. The molecule has 0 saturated heterocycles. The predicted octanol–water partition coefficient (Wildman–Crippen LogP) is 3.31. The number of benzene rings is 1. The van der Waals surface area contributed by atoms with Gasteiger partial charge in [-0.1, -0.05) is 26.0 Å². The first-order valence-corrected chi connectivity index (χ1v) is 5.74. The van der Waals surface area contributed by atoms with E-state index in [4.69, 9.17) is 0 Å². The minimum Gasteiger partial charge on any atom is -0.211 e. The average molecular weight is 217 g/mol. The van der Waals surface area contributed by atoms with Gasteiger partial charge >= 0.3 is 0 Å². The largest absolute Gasteiger partial charge is 0.234 e. The highest BCUT2D eigenvalue weighted by atomic mass is 16.1. The molecule has 0 fully saturated rings. The Balaban J connectivity index is 3.19.